The molecule has 1 aliphatic heterocycles. The van der Waals surface area contributed by atoms with Crippen molar-refractivity contribution in [2.24, 2.45) is 0 Å². The SMILES string of the molecule is CC(C)(C)n1cnnc1C1CCCN1. The Morgan fingerprint density at radius 3 is 2.86 bits per heavy atom. The van der Waals surface area contributed by atoms with Gasteiger partial charge in [0.2, 0.25) is 0 Å². The van der Waals surface area contributed by atoms with E-state index in [0.29, 0.717) is 6.04 Å². The molecule has 4 nitrogen and oxygen atoms in total. The molecule has 2 heterocycles. The fourth-order valence-corrected chi connectivity index (χ4v) is 1.90. The summed E-state index contributed by atoms with van der Waals surface area (Å²) in [6.45, 7) is 7.63. The van der Waals surface area contributed by atoms with Crippen molar-refractivity contribution in [2.45, 2.75) is 45.2 Å². The predicted molar refractivity (Wildman–Crippen MR) is 55.0 cm³/mol. The number of aromatic nitrogens is 3. The molecule has 2 rings (SSSR count). The number of hydrogen-bond donors (Lipinski definition) is 1. The topological polar surface area (TPSA) is 42.7 Å². The van der Waals surface area contributed by atoms with Crippen LogP contribution in [-0.4, -0.2) is 21.3 Å². The Kier molecular flexibility index (Phi) is 2.31. The van der Waals surface area contributed by atoms with E-state index < -0.39 is 0 Å². The molecule has 0 saturated carbocycles. The van der Waals surface area contributed by atoms with E-state index in [0.717, 1.165) is 12.4 Å². The normalized spacial score (nSPS) is 22.9. The van der Waals surface area contributed by atoms with Crippen molar-refractivity contribution in [1.82, 2.24) is 20.1 Å². The molecule has 1 unspecified atom stereocenters. The first-order valence-electron chi connectivity index (χ1n) is 5.23. The summed E-state index contributed by atoms with van der Waals surface area (Å²) in [5.74, 6) is 1.08. The first-order valence-corrected chi connectivity index (χ1v) is 5.23. The van der Waals surface area contributed by atoms with Gasteiger partial charge in [-0.05, 0) is 40.2 Å². The Hall–Kier alpha value is -0.900. The van der Waals surface area contributed by atoms with E-state index in [9.17, 15) is 0 Å². The third-order valence-electron chi connectivity index (χ3n) is 2.67. The molecule has 1 aliphatic rings. The average molecular weight is 194 g/mol. The van der Waals surface area contributed by atoms with Gasteiger partial charge in [0.25, 0.3) is 0 Å². The van der Waals surface area contributed by atoms with Crippen LogP contribution in [0.1, 0.15) is 45.5 Å². The minimum Gasteiger partial charge on any atom is -0.311 e. The molecular formula is C10H18N4. The first-order chi connectivity index (χ1) is 6.59. The van der Waals surface area contributed by atoms with Crippen molar-refractivity contribution < 1.29 is 0 Å². The summed E-state index contributed by atoms with van der Waals surface area (Å²) < 4.78 is 2.16. The van der Waals surface area contributed by atoms with Gasteiger partial charge in [0.1, 0.15) is 12.2 Å². The molecule has 14 heavy (non-hydrogen) atoms. The van der Waals surface area contributed by atoms with E-state index in [1.165, 1.54) is 12.8 Å². The highest BCUT2D eigenvalue weighted by molar-refractivity contribution is 5.01. The highest BCUT2D eigenvalue weighted by atomic mass is 15.3. The minimum atomic E-state index is 0.0725. The molecule has 1 aromatic rings. The highest BCUT2D eigenvalue weighted by Crippen LogP contribution is 2.25. The van der Waals surface area contributed by atoms with Gasteiger partial charge in [-0.2, -0.15) is 0 Å². The number of nitrogens with one attached hydrogen (secondary N) is 1. The van der Waals surface area contributed by atoms with Crippen molar-refractivity contribution in [1.29, 1.82) is 0 Å². The van der Waals surface area contributed by atoms with Crippen LogP contribution in [0, 0.1) is 0 Å². The number of rotatable bonds is 1. The van der Waals surface area contributed by atoms with Crippen molar-refractivity contribution in [3.05, 3.63) is 12.2 Å². The molecule has 1 atom stereocenters. The Labute approximate surface area is 84.7 Å². The highest BCUT2D eigenvalue weighted by Gasteiger charge is 2.25. The fraction of sp³-hybridized carbons (Fsp3) is 0.800. The van der Waals surface area contributed by atoms with Gasteiger partial charge in [0.15, 0.2) is 0 Å². The predicted octanol–water partition coefficient (Wildman–Crippen LogP) is 1.46. The van der Waals surface area contributed by atoms with E-state index in [-0.39, 0.29) is 5.54 Å². The molecule has 0 radical (unpaired) electrons. The Morgan fingerprint density at radius 2 is 2.29 bits per heavy atom. The van der Waals surface area contributed by atoms with E-state index in [4.69, 9.17) is 0 Å². The van der Waals surface area contributed by atoms with Gasteiger partial charge in [0.05, 0.1) is 6.04 Å². The fourth-order valence-electron chi connectivity index (χ4n) is 1.90. The van der Waals surface area contributed by atoms with Crippen LogP contribution in [0.5, 0.6) is 0 Å². The zero-order valence-electron chi connectivity index (χ0n) is 9.12. The third-order valence-corrected chi connectivity index (χ3v) is 2.67. The lowest BCUT2D eigenvalue weighted by molar-refractivity contribution is 0.366. The zero-order chi connectivity index (χ0) is 10.2. The van der Waals surface area contributed by atoms with Crippen LogP contribution < -0.4 is 5.32 Å². The largest absolute Gasteiger partial charge is 0.311 e. The van der Waals surface area contributed by atoms with Crippen molar-refractivity contribution in [3.63, 3.8) is 0 Å². The second kappa shape index (κ2) is 3.35. The minimum absolute atomic E-state index is 0.0725. The summed E-state index contributed by atoms with van der Waals surface area (Å²) in [4.78, 5) is 0. The monoisotopic (exact) mass is 194 g/mol. The van der Waals surface area contributed by atoms with Crippen LogP contribution in [0.25, 0.3) is 0 Å². The van der Waals surface area contributed by atoms with Crippen LogP contribution in [0.4, 0.5) is 0 Å². The third kappa shape index (κ3) is 1.66. The van der Waals surface area contributed by atoms with Crippen LogP contribution >= 0.6 is 0 Å². The molecule has 0 spiro atoms. The molecule has 0 aromatic carbocycles. The Bertz CT molecular complexity index is 304. The molecule has 78 valence electrons. The van der Waals surface area contributed by atoms with Crippen LogP contribution in [0.15, 0.2) is 6.33 Å². The molecule has 1 fully saturated rings. The molecule has 0 bridgehead atoms. The maximum Gasteiger partial charge on any atom is 0.150 e. The Morgan fingerprint density at radius 1 is 1.50 bits per heavy atom. The molecular weight excluding hydrogens is 176 g/mol. The second-order valence-electron chi connectivity index (χ2n) is 4.88. The van der Waals surface area contributed by atoms with Crippen molar-refractivity contribution in [3.8, 4) is 0 Å². The zero-order valence-corrected chi connectivity index (χ0v) is 9.12. The summed E-state index contributed by atoms with van der Waals surface area (Å²) in [6.07, 6.45) is 4.24. The van der Waals surface area contributed by atoms with Crippen LogP contribution in [-0.2, 0) is 5.54 Å². The van der Waals surface area contributed by atoms with E-state index in [2.05, 4.69) is 40.9 Å². The summed E-state index contributed by atoms with van der Waals surface area (Å²) in [7, 11) is 0. The summed E-state index contributed by atoms with van der Waals surface area (Å²) in [5.41, 5.74) is 0.0725. The van der Waals surface area contributed by atoms with Gasteiger partial charge in [-0.1, -0.05) is 0 Å². The molecule has 4 heteroatoms. The average Bonchev–Trinajstić information content (AvgIpc) is 2.73. The smallest absolute Gasteiger partial charge is 0.150 e. The van der Waals surface area contributed by atoms with E-state index in [1.807, 2.05) is 6.33 Å². The van der Waals surface area contributed by atoms with E-state index in [1.54, 1.807) is 0 Å². The summed E-state index contributed by atoms with van der Waals surface area (Å²) in [6, 6.07) is 0.400. The first kappa shape index (κ1) is 9.65. The molecule has 0 amide bonds. The number of hydrogen-bond acceptors (Lipinski definition) is 3. The maximum atomic E-state index is 4.22. The van der Waals surface area contributed by atoms with Gasteiger partial charge in [-0.25, -0.2) is 0 Å². The summed E-state index contributed by atoms with van der Waals surface area (Å²) >= 11 is 0. The maximum absolute atomic E-state index is 4.22. The van der Waals surface area contributed by atoms with E-state index >= 15 is 0 Å². The standard InChI is InChI=1S/C10H18N4/c1-10(2,3)14-7-12-13-9(14)8-5-4-6-11-8/h7-8,11H,4-6H2,1-3H3. The Balaban J connectivity index is 2.29. The quantitative estimate of drug-likeness (QED) is 0.736. The van der Waals surface area contributed by atoms with Gasteiger partial charge in [-0.15, -0.1) is 10.2 Å². The van der Waals surface area contributed by atoms with Gasteiger partial charge >= 0.3 is 0 Å². The van der Waals surface area contributed by atoms with Crippen molar-refractivity contribution in [2.75, 3.05) is 6.54 Å². The lowest BCUT2D eigenvalue weighted by Crippen LogP contribution is -2.27. The summed E-state index contributed by atoms with van der Waals surface area (Å²) in [5, 5.41) is 11.7. The number of nitrogens with zero attached hydrogens (tertiary/aromatic N) is 3. The second-order valence-corrected chi connectivity index (χ2v) is 4.88. The van der Waals surface area contributed by atoms with Crippen LogP contribution in [0.2, 0.25) is 0 Å². The molecule has 0 aliphatic carbocycles. The molecule has 1 saturated heterocycles. The molecule has 1 N–H and O–H groups in total. The van der Waals surface area contributed by atoms with Gasteiger partial charge in [0, 0.05) is 5.54 Å². The lowest BCUT2D eigenvalue weighted by atomic mass is 10.1. The van der Waals surface area contributed by atoms with Gasteiger partial charge in [-0.3, -0.25) is 0 Å². The van der Waals surface area contributed by atoms with Crippen molar-refractivity contribution >= 4 is 0 Å². The lowest BCUT2D eigenvalue weighted by Gasteiger charge is -2.24. The molecule has 1 aromatic heterocycles. The van der Waals surface area contributed by atoms with Gasteiger partial charge < -0.3 is 9.88 Å². The van der Waals surface area contributed by atoms with Crippen LogP contribution in [0.3, 0.4) is 0 Å².